The van der Waals surface area contributed by atoms with Crippen LogP contribution in [-0.4, -0.2) is 9.61 Å². The molecule has 0 bridgehead atoms. The van der Waals surface area contributed by atoms with Crippen LogP contribution in [0.5, 0.6) is 0 Å². The average molecular weight is 317 g/mol. The molecule has 0 saturated heterocycles. The van der Waals surface area contributed by atoms with Crippen LogP contribution in [-0.2, 0) is 11.6 Å². The molecule has 0 N–H and O–H groups in total. The maximum Gasteiger partial charge on any atom is 0.433 e. The SMILES string of the molecule is CC(C)(C)c1nn2c(C(F)(F)F)cc(C3CC3)cc2c1Cl. The van der Waals surface area contributed by atoms with E-state index in [2.05, 4.69) is 5.10 Å². The van der Waals surface area contributed by atoms with Crippen LogP contribution in [0, 0.1) is 0 Å². The standard InChI is InChI=1S/C15H16ClF3N2/c1-14(2,3)13-12(16)10-6-9(8-4-5-8)7-11(15(17,18)19)21(10)20-13/h6-8H,4-5H2,1-3H3. The summed E-state index contributed by atoms with van der Waals surface area (Å²) in [5.74, 6) is 0.222. The quantitative estimate of drug-likeness (QED) is 0.708. The molecule has 2 nitrogen and oxygen atoms in total. The van der Waals surface area contributed by atoms with Gasteiger partial charge in [-0.1, -0.05) is 32.4 Å². The molecule has 6 heteroatoms. The summed E-state index contributed by atoms with van der Waals surface area (Å²) in [5.41, 5.74) is 0.378. The fourth-order valence-corrected chi connectivity index (χ4v) is 2.93. The number of hydrogen-bond acceptors (Lipinski definition) is 1. The van der Waals surface area contributed by atoms with Gasteiger partial charge >= 0.3 is 6.18 Å². The Hall–Kier alpha value is -1.23. The van der Waals surface area contributed by atoms with Gasteiger partial charge in [0.25, 0.3) is 0 Å². The van der Waals surface area contributed by atoms with Crippen molar-refractivity contribution in [1.29, 1.82) is 0 Å². The molecule has 1 aliphatic carbocycles. The third-order valence-electron chi connectivity index (χ3n) is 3.75. The summed E-state index contributed by atoms with van der Waals surface area (Å²) in [4.78, 5) is 0. The lowest BCUT2D eigenvalue weighted by atomic mass is 9.92. The van der Waals surface area contributed by atoms with E-state index >= 15 is 0 Å². The highest BCUT2D eigenvalue weighted by atomic mass is 35.5. The highest BCUT2D eigenvalue weighted by Crippen LogP contribution is 2.44. The van der Waals surface area contributed by atoms with E-state index in [1.807, 2.05) is 20.8 Å². The third-order valence-corrected chi connectivity index (χ3v) is 4.12. The Morgan fingerprint density at radius 3 is 2.29 bits per heavy atom. The number of pyridine rings is 1. The van der Waals surface area contributed by atoms with E-state index in [9.17, 15) is 13.2 Å². The number of fused-ring (bicyclic) bond motifs is 1. The average Bonchev–Trinajstić information content (AvgIpc) is 3.11. The van der Waals surface area contributed by atoms with Gasteiger partial charge in [-0.2, -0.15) is 18.3 Å². The zero-order valence-corrected chi connectivity index (χ0v) is 12.8. The Morgan fingerprint density at radius 1 is 1.19 bits per heavy atom. The maximum absolute atomic E-state index is 13.3. The molecule has 1 fully saturated rings. The second-order valence-corrected chi connectivity index (χ2v) is 7.03. The smallest absolute Gasteiger partial charge is 0.227 e. The van der Waals surface area contributed by atoms with Crippen LogP contribution in [0.1, 0.15) is 56.5 Å². The minimum Gasteiger partial charge on any atom is -0.227 e. The normalized spacial score (nSPS) is 16.7. The lowest BCUT2D eigenvalue weighted by Crippen LogP contribution is -2.15. The van der Waals surface area contributed by atoms with Crippen molar-refractivity contribution in [2.45, 2.75) is 51.1 Å². The number of halogens is 4. The van der Waals surface area contributed by atoms with E-state index in [1.165, 1.54) is 6.07 Å². The largest absolute Gasteiger partial charge is 0.433 e. The number of hydrogen-bond donors (Lipinski definition) is 0. The van der Waals surface area contributed by atoms with Gasteiger partial charge in [0.2, 0.25) is 0 Å². The molecular formula is C15H16ClF3N2. The molecule has 0 radical (unpaired) electrons. The van der Waals surface area contributed by atoms with E-state index in [1.54, 1.807) is 6.07 Å². The molecule has 0 amide bonds. The highest BCUT2D eigenvalue weighted by Gasteiger charge is 2.38. The van der Waals surface area contributed by atoms with Gasteiger partial charge in [0, 0.05) is 5.41 Å². The molecule has 0 unspecified atom stereocenters. The van der Waals surface area contributed by atoms with E-state index in [0.717, 1.165) is 17.4 Å². The fraction of sp³-hybridized carbons (Fsp3) is 0.533. The Kier molecular flexibility index (Phi) is 3.07. The van der Waals surface area contributed by atoms with Crippen LogP contribution in [0.15, 0.2) is 12.1 Å². The van der Waals surface area contributed by atoms with Crippen molar-refractivity contribution in [1.82, 2.24) is 9.61 Å². The molecule has 1 saturated carbocycles. The first-order valence-corrected chi connectivity index (χ1v) is 7.26. The van der Waals surface area contributed by atoms with Gasteiger partial charge in [-0.05, 0) is 36.5 Å². The lowest BCUT2D eigenvalue weighted by Gasteiger charge is -2.15. The van der Waals surface area contributed by atoms with Crippen molar-refractivity contribution in [3.8, 4) is 0 Å². The van der Waals surface area contributed by atoms with Crippen molar-refractivity contribution in [2.75, 3.05) is 0 Å². The van der Waals surface area contributed by atoms with E-state index in [-0.39, 0.29) is 5.92 Å². The summed E-state index contributed by atoms with van der Waals surface area (Å²) in [6.07, 6.45) is -2.58. The molecule has 2 aromatic heterocycles. The molecule has 0 aliphatic heterocycles. The first kappa shape index (κ1) is 14.7. The van der Waals surface area contributed by atoms with E-state index in [0.29, 0.717) is 21.8 Å². The minimum absolute atomic E-state index is 0.222. The van der Waals surface area contributed by atoms with Gasteiger partial charge in [-0.3, -0.25) is 0 Å². The highest BCUT2D eigenvalue weighted by molar-refractivity contribution is 6.34. The van der Waals surface area contributed by atoms with Crippen LogP contribution < -0.4 is 0 Å². The molecule has 0 atom stereocenters. The fourth-order valence-electron chi connectivity index (χ4n) is 2.47. The summed E-state index contributed by atoms with van der Waals surface area (Å²) in [6.45, 7) is 5.65. The minimum atomic E-state index is -4.45. The maximum atomic E-state index is 13.3. The van der Waals surface area contributed by atoms with Gasteiger partial charge in [0.15, 0.2) is 0 Å². The summed E-state index contributed by atoms with van der Waals surface area (Å²) >= 11 is 6.31. The summed E-state index contributed by atoms with van der Waals surface area (Å²) < 4.78 is 40.9. The number of rotatable bonds is 1. The van der Waals surface area contributed by atoms with E-state index < -0.39 is 17.3 Å². The molecule has 2 aromatic rings. The van der Waals surface area contributed by atoms with Crippen molar-refractivity contribution in [3.63, 3.8) is 0 Å². The Morgan fingerprint density at radius 2 is 1.81 bits per heavy atom. The summed E-state index contributed by atoms with van der Waals surface area (Å²) in [6, 6.07) is 2.96. The predicted molar refractivity (Wildman–Crippen MR) is 75.9 cm³/mol. The first-order valence-electron chi connectivity index (χ1n) is 6.89. The summed E-state index contributed by atoms with van der Waals surface area (Å²) in [7, 11) is 0. The van der Waals surface area contributed by atoms with Crippen LogP contribution in [0.3, 0.4) is 0 Å². The lowest BCUT2D eigenvalue weighted by molar-refractivity contribution is -0.142. The molecular weight excluding hydrogens is 301 g/mol. The Bertz CT molecular complexity index is 706. The summed E-state index contributed by atoms with van der Waals surface area (Å²) in [5, 5.41) is 4.45. The van der Waals surface area contributed by atoms with Crippen LogP contribution in [0.2, 0.25) is 5.02 Å². The number of nitrogens with zero attached hydrogens (tertiary/aromatic N) is 2. The van der Waals surface area contributed by atoms with Crippen LogP contribution in [0.25, 0.3) is 5.52 Å². The van der Waals surface area contributed by atoms with Crippen molar-refractivity contribution in [3.05, 3.63) is 34.1 Å². The van der Waals surface area contributed by atoms with Crippen LogP contribution in [0.4, 0.5) is 13.2 Å². The van der Waals surface area contributed by atoms with Crippen molar-refractivity contribution < 1.29 is 13.2 Å². The van der Waals surface area contributed by atoms with Crippen LogP contribution >= 0.6 is 11.6 Å². The molecule has 0 spiro atoms. The number of alkyl halides is 3. The van der Waals surface area contributed by atoms with Gasteiger partial charge < -0.3 is 0 Å². The molecule has 0 aromatic carbocycles. The zero-order chi connectivity index (χ0) is 15.6. The molecule has 114 valence electrons. The van der Waals surface area contributed by atoms with Crippen molar-refractivity contribution >= 4 is 17.1 Å². The second-order valence-electron chi connectivity index (χ2n) is 6.66. The monoisotopic (exact) mass is 316 g/mol. The molecule has 3 rings (SSSR count). The van der Waals surface area contributed by atoms with Gasteiger partial charge in [-0.15, -0.1) is 0 Å². The zero-order valence-electron chi connectivity index (χ0n) is 12.1. The molecule has 2 heterocycles. The van der Waals surface area contributed by atoms with Gasteiger partial charge in [0.05, 0.1) is 16.2 Å². The Labute approximate surface area is 125 Å². The number of aromatic nitrogens is 2. The first-order chi connectivity index (χ1) is 9.59. The predicted octanol–water partition coefficient (Wildman–Crippen LogP) is 5.18. The second kappa shape index (κ2) is 4.38. The molecule has 1 aliphatic rings. The molecule has 21 heavy (non-hydrogen) atoms. The third kappa shape index (κ3) is 2.52. The van der Waals surface area contributed by atoms with Gasteiger partial charge in [-0.25, -0.2) is 4.52 Å². The Balaban J connectivity index is 2.33. The van der Waals surface area contributed by atoms with Gasteiger partial charge in [0.1, 0.15) is 5.69 Å². The topological polar surface area (TPSA) is 17.3 Å². The van der Waals surface area contributed by atoms with Crippen molar-refractivity contribution in [2.24, 2.45) is 0 Å². The van der Waals surface area contributed by atoms with E-state index in [4.69, 9.17) is 11.6 Å².